The van der Waals surface area contributed by atoms with Crippen LogP contribution in [0.15, 0.2) is 64.8 Å². The summed E-state index contributed by atoms with van der Waals surface area (Å²) in [6.07, 6.45) is 0.659. The first-order chi connectivity index (χ1) is 16.9. The summed E-state index contributed by atoms with van der Waals surface area (Å²) in [5, 5.41) is 0.461. The topological polar surface area (TPSA) is 115 Å². The molecule has 0 aliphatic carbocycles. The van der Waals surface area contributed by atoms with Crippen LogP contribution in [-0.2, 0) is 19.1 Å². The van der Waals surface area contributed by atoms with Crippen molar-refractivity contribution in [3.63, 3.8) is 0 Å². The van der Waals surface area contributed by atoms with Crippen molar-refractivity contribution in [3.05, 3.63) is 64.8 Å². The lowest BCUT2D eigenvalue weighted by Crippen LogP contribution is -2.44. The Morgan fingerprint density at radius 1 is 1.11 bits per heavy atom. The third-order valence-electron chi connectivity index (χ3n) is 5.63. The van der Waals surface area contributed by atoms with E-state index in [0.717, 1.165) is 6.42 Å². The molecule has 0 radical (unpaired) electrons. The van der Waals surface area contributed by atoms with Crippen molar-refractivity contribution in [2.75, 3.05) is 36.1 Å². The third kappa shape index (κ3) is 5.30. The van der Waals surface area contributed by atoms with E-state index < -0.39 is 18.0 Å². The van der Waals surface area contributed by atoms with Crippen LogP contribution in [0.1, 0.15) is 19.8 Å². The maximum absolute atomic E-state index is 13.6. The van der Waals surface area contributed by atoms with Crippen LogP contribution in [0.3, 0.4) is 0 Å². The van der Waals surface area contributed by atoms with E-state index in [9.17, 15) is 14.4 Å². The molecule has 182 valence electrons. The molecule has 2 fully saturated rings. The Hall–Kier alpha value is -3.85. The zero-order chi connectivity index (χ0) is 24.9. The molecule has 2 N–H and O–H groups in total. The highest BCUT2D eigenvalue weighted by Crippen LogP contribution is 2.29. The van der Waals surface area contributed by atoms with E-state index in [1.807, 2.05) is 0 Å². The number of nitrogens with zero attached hydrogens (tertiary/aromatic N) is 3. The largest absolute Gasteiger partial charge is 0.461 e. The molecule has 4 rings (SSSR count). The van der Waals surface area contributed by atoms with E-state index in [0.29, 0.717) is 47.2 Å². The highest BCUT2D eigenvalue weighted by molar-refractivity contribution is 6.51. The van der Waals surface area contributed by atoms with Gasteiger partial charge >= 0.3 is 12.1 Å². The summed E-state index contributed by atoms with van der Waals surface area (Å²) < 4.78 is 10.1. The summed E-state index contributed by atoms with van der Waals surface area (Å²) in [4.78, 5) is 45.6. The predicted octanol–water partition coefficient (Wildman–Crippen LogP) is 3.97. The molecule has 9 nitrogen and oxygen atoms in total. The van der Waals surface area contributed by atoms with Crippen molar-refractivity contribution in [1.29, 1.82) is 0 Å². The zero-order valence-electron chi connectivity index (χ0n) is 19.2. The van der Waals surface area contributed by atoms with Crippen molar-refractivity contribution in [1.82, 2.24) is 0 Å². The number of esters is 1. The van der Waals surface area contributed by atoms with E-state index in [4.69, 9.17) is 26.8 Å². The fourth-order valence-corrected chi connectivity index (χ4v) is 4.11. The summed E-state index contributed by atoms with van der Waals surface area (Å²) in [6.45, 7) is 3.10. The lowest BCUT2D eigenvalue weighted by Gasteiger charge is -2.31. The number of aliphatic imine (C=N–C) groups is 1. The van der Waals surface area contributed by atoms with Crippen LogP contribution < -0.4 is 15.5 Å². The number of cyclic esters (lactones) is 1. The minimum Gasteiger partial charge on any atom is -0.461 e. The predicted molar refractivity (Wildman–Crippen MR) is 133 cm³/mol. The molecule has 2 aromatic carbocycles. The number of hydrogen-bond acceptors (Lipinski definition) is 7. The molecule has 0 atom stereocenters. The molecule has 0 spiro atoms. The number of anilines is 2. The normalized spacial score (nSPS) is 19.0. The SMILES string of the molecule is CCOC(=O)C(N)=C1CCN(c2ccc(N3CCCOC3=O)cc2)C(=O)C1=Nc1cccc(Cl)c1. The summed E-state index contributed by atoms with van der Waals surface area (Å²) in [5.41, 5.74) is 8.09. The maximum atomic E-state index is 13.6. The van der Waals surface area contributed by atoms with Crippen molar-refractivity contribution >= 4 is 52.3 Å². The highest BCUT2D eigenvalue weighted by Gasteiger charge is 2.33. The van der Waals surface area contributed by atoms with Gasteiger partial charge in [-0.05, 0) is 62.2 Å². The van der Waals surface area contributed by atoms with Crippen molar-refractivity contribution in [2.24, 2.45) is 10.7 Å². The molecule has 0 unspecified atom stereocenters. The average molecular weight is 497 g/mol. The van der Waals surface area contributed by atoms with Gasteiger partial charge in [-0.3, -0.25) is 9.69 Å². The second-order valence-corrected chi connectivity index (χ2v) is 8.33. The van der Waals surface area contributed by atoms with Gasteiger partial charge in [-0.2, -0.15) is 0 Å². The number of carbonyl (C=O) groups excluding carboxylic acids is 3. The zero-order valence-corrected chi connectivity index (χ0v) is 20.0. The van der Waals surface area contributed by atoms with Crippen LogP contribution in [0.5, 0.6) is 0 Å². The Kier molecular flexibility index (Phi) is 7.36. The quantitative estimate of drug-likeness (QED) is 0.494. The number of carbonyl (C=O) groups is 3. The van der Waals surface area contributed by atoms with Gasteiger partial charge in [0.05, 0.1) is 18.9 Å². The Bertz CT molecular complexity index is 1210. The van der Waals surface area contributed by atoms with Crippen LogP contribution in [0.4, 0.5) is 21.9 Å². The van der Waals surface area contributed by atoms with Crippen molar-refractivity contribution in [2.45, 2.75) is 19.8 Å². The number of benzene rings is 2. The average Bonchev–Trinajstić information content (AvgIpc) is 2.85. The van der Waals surface area contributed by atoms with Gasteiger partial charge in [0, 0.05) is 35.1 Å². The van der Waals surface area contributed by atoms with Crippen LogP contribution in [0.25, 0.3) is 0 Å². The third-order valence-corrected chi connectivity index (χ3v) is 5.87. The lowest BCUT2D eigenvalue weighted by atomic mass is 9.97. The van der Waals surface area contributed by atoms with Gasteiger partial charge in [0.15, 0.2) is 0 Å². The molecule has 2 saturated heterocycles. The van der Waals surface area contributed by atoms with E-state index in [-0.39, 0.29) is 24.6 Å². The fourth-order valence-electron chi connectivity index (χ4n) is 3.93. The molecule has 0 aromatic heterocycles. The van der Waals surface area contributed by atoms with Gasteiger partial charge < -0.3 is 20.1 Å². The molecule has 35 heavy (non-hydrogen) atoms. The standard InChI is InChI=1S/C25H25ClN4O5/c1-2-34-24(32)21(27)20-11-13-29(23(31)22(20)28-17-6-3-5-16(26)15-17)18-7-9-19(10-8-18)30-12-4-14-35-25(30)33/h3,5-10,15H,2,4,11-14,27H2,1H3. The molecule has 2 amide bonds. The molecular formula is C25H25ClN4O5. The van der Waals surface area contributed by atoms with Crippen LogP contribution in [0.2, 0.25) is 5.02 Å². The molecular weight excluding hydrogens is 472 g/mol. The van der Waals surface area contributed by atoms with Crippen molar-refractivity contribution in [3.8, 4) is 0 Å². The van der Waals surface area contributed by atoms with Gasteiger partial charge in [0.25, 0.3) is 5.91 Å². The fraction of sp³-hybridized carbons (Fsp3) is 0.280. The minimum atomic E-state index is -0.694. The molecule has 10 heteroatoms. The molecule has 2 aliphatic rings. The minimum absolute atomic E-state index is 0.0488. The maximum Gasteiger partial charge on any atom is 0.414 e. The van der Waals surface area contributed by atoms with Gasteiger partial charge in [0.1, 0.15) is 11.4 Å². The Balaban J connectivity index is 1.67. The highest BCUT2D eigenvalue weighted by atomic mass is 35.5. The number of amides is 2. The van der Waals surface area contributed by atoms with Gasteiger partial charge in [-0.25, -0.2) is 14.6 Å². The Labute approximate surface area is 207 Å². The van der Waals surface area contributed by atoms with Crippen LogP contribution in [0, 0.1) is 0 Å². The first kappa shape index (κ1) is 24.3. The Morgan fingerprint density at radius 3 is 2.49 bits per heavy atom. The number of piperidine rings is 1. The molecule has 2 aromatic rings. The number of ether oxygens (including phenoxy) is 2. The molecule has 2 heterocycles. The molecule has 0 saturated carbocycles. The summed E-state index contributed by atoms with van der Waals surface area (Å²) in [7, 11) is 0. The van der Waals surface area contributed by atoms with Crippen LogP contribution in [-0.4, -0.2) is 50.0 Å². The monoisotopic (exact) mass is 496 g/mol. The smallest absolute Gasteiger partial charge is 0.414 e. The first-order valence-electron chi connectivity index (χ1n) is 11.3. The van der Waals surface area contributed by atoms with E-state index in [2.05, 4.69) is 4.99 Å². The summed E-state index contributed by atoms with van der Waals surface area (Å²) >= 11 is 6.09. The second kappa shape index (κ2) is 10.6. The molecule has 0 bridgehead atoms. The molecule has 2 aliphatic heterocycles. The first-order valence-corrected chi connectivity index (χ1v) is 11.6. The van der Waals surface area contributed by atoms with Crippen molar-refractivity contribution < 1.29 is 23.9 Å². The Morgan fingerprint density at radius 2 is 1.83 bits per heavy atom. The van der Waals surface area contributed by atoms with Gasteiger partial charge in [0.2, 0.25) is 0 Å². The number of rotatable bonds is 5. The van der Waals surface area contributed by atoms with E-state index in [1.54, 1.807) is 65.3 Å². The lowest BCUT2D eigenvalue weighted by molar-refractivity contribution is -0.138. The number of hydrogen-bond donors (Lipinski definition) is 1. The van der Waals surface area contributed by atoms with E-state index >= 15 is 0 Å². The summed E-state index contributed by atoms with van der Waals surface area (Å²) in [5.74, 6) is -1.11. The number of halogens is 1. The second-order valence-electron chi connectivity index (χ2n) is 7.90. The van der Waals surface area contributed by atoms with Crippen LogP contribution >= 0.6 is 11.6 Å². The van der Waals surface area contributed by atoms with Gasteiger partial charge in [-0.1, -0.05) is 17.7 Å². The van der Waals surface area contributed by atoms with E-state index in [1.165, 1.54) is 0 Å². The van der Waals surface area contributed by atoms with Gasteiger partial charge in [-0.15, -0.1) is 0 Å². The number of nitrogens with two attached hydrogens (primary N) is 1. The summed E-state index contributed by atoms with van der Waals surface area (Å²) in [6, 6.07) is 13.8.